The van der Waals surface area contributed by atoms with Crippen molar-refractivity contribution < 1.29 is 13.9 Å². The summed E-state index contributed by atoms with van der Waals surface area (Å²) in [6, 6.07) is 8.45. The predicted octanol–water partition coefficient (Wildman–Crippen LogP) is 3.80. The van der Waals surface area contributed by atoms with Crippen LogP contribution in [0.5, 0.6) is 11.5 Å². The zero-order valence-electron chi connectivity index (χ0n) is 11.7. The average molecular weight is 355 g/mol. The van der Waals surface area contributed by atoms with Crippen LogP contribution < -0.4 is 20.5 Å². The molecule has 0 aromatic heterocycles. The normalized spacial score (nSPS) is 10.3. The molecule has 0 heterocycles. The van der Waals surface area contributed by atoms with Crippen LogP contribution in [0.4, 0.5) is 15.8 Å². The number of halogens is 2. The molecular formula is C15H16BrFN2O2. The molecule has 112 valence electrons. The summed E-state index contributed by atoms with van der Waals surface area (Å²) in [5, 5.41) is 3.17. The molecule has 0 aliphatic heterocycles. The van der Waals surface area contributed by atoms with Gasteiger partial charge in [0.25, 0.3) is 0 Å². The van der Waals surface area contributed by atoms with Crippen LogP contribution in [0.2, 0.25) is 0 Å². The first-order valence-corrected chi connectivity index (χ1v) is 7.03. The van der Waals surface area contributed by atoms with Gasteiger partial charge in [-0.25, -0.2) is 4.39 Å². The summed E-state index contributed by atoms with van der Waals surface area (Å²) >= 11 is 3.14. The number of nitrogen functional groups attached to an aromatic ring is 1. The standard InChI is InChI=1S/C15H16BrFN2O2/c1-20-10-4-3-9(15(5-10)21-2)8-19-14-6-11(16)12(17)7-13(14)18/h3-7,19H,8,18H2,1-2H3. The van der Waals surface area contributed by atoms with Crippen LogP contribution in [0.1, 0.15) is 5.56 Å². The molecule has 0 saturated heterocycles. The van der Waals surface area contributed by atoms with Crippen molar-refractivity contribution in [3.05, 3.63) is 46.2 Å². The molecule has 0 radical (unpaired) electrons. The Morgan fingerprint density at radius 2 is 1.95 bits per heavy atom. The second-order valence-electron chi connectivity index (χ2n) is 4.38. The summed E-state index contributed by atoms with van der Waals surface area (Å²) in [4.78, 5) is 0. The summed E-state index contributed by atoms with van der Waals surface area (Å²) < 4.78 is 24.2. The van der Waals surface area contributed by atoms with Gasteiger partial charge in [0, 0.05) is 24.2 Å². The number of anilines is 2. The number of benzene rings is 2. The second kappa shape index (κ2) is 6.67. The maximum Gasteiger partial charge on any atom is 0.139 e. The van der Waals surface area contributed by atoms with Gasteiger partial charge in [0.1, 0.15) is 17.3 Å². The SMILES string of the molecule is COc1ccc(CNc2cc(Br)c(F)cc2N)c(OC)c1. The summed E-state index contributed by atoms with van der Waals surface area (Å²) in [5.41, 5.74) is 7.74. The van der Waals surface area contributed by atoms with Crippen molar-refractivity contribution in [3.63, 3.8) is 0 Å². The van der Waals surface area contributed by atoms with Crippen molar-refractivity contribution in [1.82, 2.24) is 0 Å². The minimum Gasteiger partial charge on any atom is -0.497 e. The van der Waals surface area contributed by atoms with Gasteiger partial charge in [0.15, 0.2) is 0 Å². The van der Waals surface area contributed by atoms with E-state index in [4.69, 9.17) is 15.2 Å². The van der Waals surface area contributed by atoms with Gasteiger partial charge >= 0.3 is 0 Å². The molecule has 2 aromatic rings. The Balaban J connectivity index is 2.18. The number of nitrogens with one attached hydrogen (secondary N) is 1. The van der Waals surface area contributed by atoms with Gasteiger partial charge in [-0.15, -0.1) is 0 Å². The van der Waals surface area contributed by atoms with Crippen molar-refractivity contribution in [2.24, 2.45) is 0 Å². The van der Waals surface area contributed by atoms with Crippen molar-refractivity contribution in [1.29, 1.82) is 0 Å². The van der Waals surface area contributed by atoms with E-state index >= 15 is 0 Å². The molecule has 2 aromatic carbocycles. The van der Waals surface area contributed by atoms with E-state index in [1.54, 1.807) is 26.4 Å². The summed E-state index contributed by atoms with van der Waals surface area (Å²) in [5.74, 6) is 1.04. The highest BCUT2D eigenvalue weighted by Crippen LogP contribution is 2.29. The van der Waals surface area contributed by atoms with E-state index in [2.05, 4.69) is 21.2 Å². The first-order chi connectivity index (χ1) is 10.0. The number of ether oxygens (including phenoxy) is 2. The molecule has 0 unspecified atom stereocenters. The van der Waals surface area contributed by atoms with Gasteiger partial charge in [0.2, 0.25) is 0 Å². The molecule has 0 amide bonds. The van der Waals surface area contributed by atoms with Gasteiger partial charge in [-0.05, 0) is 34.1 Å². The second-order valence-corrected chi connectivity index (χ2v) is 5.24. The lowest BCUT2D eigenvalue weighted by Crippen LogP contribution is -2.05. The quantitative estimate of drug-likeness (QED) is 0.801. The Labute approximate surface area is 131 Å². The van der Waals surface area contributed by atoms with Gasteiger partial charge in [-0.1, -0.05) is 0 Å². The van der Waals surface area contributed by atoms with Crippen LogP contribution >= 0.6 is 15.9 Å². The number of hydrogen-bond donors (Lipinski definition) is 2. The van der Waals surface area contributed by atoms with Crippen molar-refractivity contribution >= 4 is 27.3 Å². The molecule has 21 heavy (non-hydrogen) atoms. The lowest BCUT2D eigenvalue weighted by atomic mass is 10.1. The summed E-state index contributed by atoms with van der Waals surface area (Å²) in [6.07, 6.45) is 0. The molecule has 2 rings (SSSR count). The lowest BCUT2D eigenvalue weighted by Gasteiger charge is -2.13. The van der Waals surface area contributed by atoms with Gasteiger partial charge < -0.3 is 20.5 Å². The number of methoxy groups -OCH3 is 2. The van der Waals surface area contributed by atoms with Crippen LogP contribution in [0, 0.1) is 5.82 Å². The van der Waals surface area contributed by atoms with E-state index in [0.29, 0.717) is 28.1 Å². The Morgan fingerprint density at radius 1 is 1.19 bits per heavy atom. The summed E-state index contributed by atoms with van der Waals surface area (Å²) in [7, 11) is 3.20. The Kier molecular flexibility index (Phi) is 4.90. The number of rotatable bonds is 5. The van der Waals surface area contributed by atoms with Gasteiger partial charge in [-0.2, -0.15) is 0 Å². The monoisotopic (exact) mass is 354 g/mol. The highest BCUT2D eigenvalue weighted by Gasteiger charge is 2.08. The molecule has 0 bridgehead atoms. The Morgan fingerprint density at radius 3 is 2.62 bits per heavy atom. The molecule has 0 atom stereocenters. The van der Waals surface area contributed by atoms with Gasteiger partial charge in [-0.3, -0.25) is 0 Å². The molecule has 3 N–H and O–H groups in total. The van der Waals surface area contributed by atoms with E-state index in [-0.39, 0.29) is 5.82 Å². The summed E-state index contributed by atoms with van der Waals surface area (Å²) in [6.45, 7) is 0.495. The fraction of sp³-hybridized carbons (Fsp3) is 0.200. The van der Waals surface area contributed by atoms with Crippen LogP contribution in [0.25, 0.3) is 0 Å². The van der Waals surface area contributed by atoms with E-state index in [1.807, 2.05) is 12.1 Å². The molecular weight excluding hydrogens is 339 g/mol. The fourth-order valence-corrected chi connectivity index (χ4v) is 2.25. The first-order valence-electron chi connectivity index (χ1n) is 6.24. The van der Waals surface area contributed by atoms with Crippen LogP contribution in [0.15, 0.2) is 34.8 Å². The van der Waals surface area contributed by atoms with E-state index in [9.17, 15) is 4.39 Å². The fourth-order valence-electron chi connectivity index (χ4n) is 1.90. The topological polar surface area (TPSA) is 56.5 Å². The lowest BCUT2D eigenvalue weighted by molar-refractivity contribution is 0.391. The molecule has 0 aliphatic carbocycles. The van der Waals surface area contributed by atoms with Crippen molar-refractivity contribution in [2.75, 3.05) is 25.3 Å². The molecule has 0 saturated carbocycles. The smallest absolute Gasteiger partial charge is 0.139 e. The number of nitrogens with two attached hydrogens (primary N) is 1. The molecule has 0 aliphatic rings. The minimum absolute atomic E-state index is 0.350. The first kappa shape index (κ1) is 15.4. The van der Waals surface area contributed by atoms with Crippen LogP contribution in [-0.4, -0.2) is 14.2 Å². The Bertz CT molecular complexity index is 650. The predicted molar refractivity (Wildman–Crippen MR) is 85.4 cm³/mol. The molecule has 0 spiro atoms. The highest BCUT2D eigenvalue weighted by molar-refractivity contribution is 9.10. The van der Waals surface area contributed by atoms with Crippen LogP contribution in [0.3, 0.4) is 0 Å². The number of hydrogen-bond acceptors (Lipinski definition) is 4. The molecule has 6 heteroatoms. The largest absolute Gasteiger partial charge is 0.497 e. The van der Waals surface area contributed by atoms with E-state index in [0.717, 1.165) is 11.3 Å². The van der Waals surface area contributed by atoms with Crippen molar-refractivity contribution in [2.45, 2.75) is 6.54 Å². The van der Waals surface area contributed by atoms with E-state index < -0.39 is 0 Å². The minimum atomic E-state index is -0.389. The third-order valence-corrected chi connectivity index (χ3v) is 3.66. The average Bonchev–Trinajstić information content (AvgIpc) is 2.49. The van der Waals surface area contributed by atoms with Crippen LogP contribution in [-0.2, 0) is 6.54 Å². The third kappa shape index (κ3) is 3.58. The molecule has 0 fully saturated rings. The zero-order valence-corrected chi connectivity index (χ0v) is 13.3. The zero-order chi connectivity index (χ0) is 15.4. The van der Waals surface area contributed by atoms with Gasteiger partial charge in [0.05, 0.1) is 30.1 Å². The third-order valence-electron chi connectivity index (χ3n) is 3.06. The highest BCUT2D eigenvalue weighted by atomic mass is 79.9. The maximum absolute atomic E-state index is 13.3. The molecule has 4 nitrogen and oxygen atoms in total. The Hall–Kier alpha value is -1.95. The van der Waals surface area contributed by atoms with E-state index in [1.165, 1.54) is 6.07 Å². The van der Waals surface area contributed by atoms with Crippen molar-refractivity contribution in [3.8, 4) is 11.5 Å². The maximum atomic E-state index is 13.3.